The predicted molar refractivity (Wildman–Crippen MR) is 117 cm³/mol. The molecule has 1 heterocycles. The average Bonchev–Trinajstić information content (AvgIpc) is 3.12. The van der Waals surface area contributed by atoms with Crippen LogP contribution in [0.25, 0.3) is 6.08 Å². The summed E-state index contributed by atoms with van der Waals surface area (Å²) in [4.78, 5) is 25.1. The van der Waals surface area contributed by atoms with Gasteiger partial charge in [-0.1, -0.05) is 12.1 Å². The molecule has 0 saturated carbocycles. The lowest BCUT2D eigenvalue weighted by Gasteiger charge is -2.13. The highest BCUT2D eigenvalue weighted by Gasteiger charge is 2.28. The SMILES string of the molecule is COc1cc(/C=C2\Oc3cc(OC(=O)c4ccccc4F)ccc3C2=O)cc(OC)c1OC. The molecule has 33 heavy (non-hydrogen) atoms. The fourth-order valence-corrected chi connectivity index (χ4v) is 3.36. The maximum absolute atomic E-state index is 13.8. The molecule has 0 fully saturated rings. The van der Waals surface area contributed by atoms with Gasteiger partial charge in [0.1, 0.15) is 17.3 Å². The second-order valence-corrected chi connectivity index (χ2v) is 6.93. The monoisotopic (exact) mass is 450 g/mol. The second kappa shape index (κ2) is 9.04. The fraction of sp³-hybridized carbons (Fsp3) is 0.120. The van der Waals surface area contributed by atoms with Gasteiger partial charge >= 0.3 is 5.97 Å². The summed E-state index contributed by atoms with van der Waals surface area (Å²) >= 11 is 0. The lowest BCUT2D eigenvalue weighted by atomic mass is 10.1. The molecule has 7 nitrogen and oxygen atoms in total. The number of carbonyl (C=O) groups excluding carboxylic acids is 2. The van der Waals surface area contributed by atoms with Crippen molar-refractivity contribution in [1.82, 2.24) is 0 Å². The van der Waals surface area contributed by atoms with Gasteiger partial charge in [-0.05, 0) is 48.0 Å². The van der Waals surface area contributed by atoms with E-state index in [9.17, 15) is 14.0 Å². The molecule has 0 radical (unpaired) electrons. The van der Waals surface area contributed by atoms with Crippen molar-refractivity contribution in [3.8, 4) is 28.7 Å². The quantitative estimate of drug-likeness (QED) is 0.306. The molecule has 3 aromatic carbocycles. The first-order valence-electron chi connectivity index (χ1n) is 9.80. The van der Waals surface area contributed by atoms with Crippen LogP contribution < -0.4 is 23.7 Å². The lowest BCUT2D eigenvalue weighted by Crippen LogP contribution is -2.10. The zero-order valence-electron chi connectivity index (χ0n) is 18.0. The molecule has 4 rings (SSSR count). The predicted octanol–water partition coefficient (Wildman–Crippen LogP) is 4.69. The van der Waals surface area contributed by atoms with Gasteiger partial charge in [-0.25, -0.2) is 9.18 Å². The Balaban J connectivity index is 1.60. The van der Waals surface area contributed by atoms with Crippen LogP contribution in [0.4, 0.5) is 4.39 Å². The number of halogens is 1. The molecule has 0 bridgehead atoms. The van der Waals surface area contributed by atoms with Crippen molar-refractivity contribution in [2.45, 2.75) is 0 Å². The van der Waals surface area contributed by atoms with Crippen LogP contribution in [-0.4, -0.2) is 33.1 Å². The summed E-state index contributed by atoms with van der Waals surface area (Å²) < 4.78 is 40.8. The second-order valence-electron chi connectivity index (χ2n) is 6.93. The van der Waals surface area contributed by atoms with E-state index in [0.717, 1.165) is 0 Å². The summed E-state index contributed by atoms with van der Waals surface area (Å²) in [7, 11) is 4.48. The Morgan fingerprint density at radius 3 is 2.27 bits per heavy atom. The number of hydrogen-bond donors (Lipinski definition) is 0. The van der Waals surface area contributed by atoms with Gasteiger partial charge in [-0.2, -0.15) is 0 Å². The fourth-order valence-electron chi connectivity index (χ4n) is 3.36. The smallest absolute Gasteiger partial charge is 0.346 e. The number of hydrogen-bond acceptors (Lipinski definition) is 7. The van der Waals surface area contributed by atoms with Gasteiger partial charge in [0, 0.05) is 6.07 Å². The number of esters is 1. The van der Waals surface area contributed by atoms with E-state index in [1.807, 2.05) is 0 Å². The molecule has 0 unspecified atom stereocenters. The largest absolute Gasteiger partial charge is 0.493 e. The highest BCUT2D eigenvalue weighted by atomic mass is 19.1. The summed E-state index contributed by atoms with van der Waals surface area (Å²) in [5.74, 6) is -0.214. The van der Waals surface area contributed by atoms with Gasteiger partial charge in [0.15, 0.2) is 17.3 Å². The van der Waals surface area contributed by atoms with Gasteiger partial charge < -0.3 is 23.7 Å². The van der Waals surface area contributed by atoms with E-state index in [0.29, 0.717) is 28.4 Å². The first kappa shape index (κ1) is 21.9. The Kier molecular flexibility index (Phi) is 5.99. The molecule has 3 aromatic rings. The summed E-state index contributed by atoms with van der Waals surface area (Å²) in [6.07, 6.45) is 1.54. The van der Waals surface area contributed by atoms with E-state index in [4.69, 9.17) is 23.7 Å². The number of allylic oxidation sites excluding steroid dienone is 1. The van der Waals surface area contributed by atoms with Crippen LogP contribution in [0.3, 0.4) is 0 Å². The molecule has 1 aliphatic heterocycles. The number of methoxy groups -OCH3 is 3. The number of fused-ring (bicyclic) bond motifs is 1. The van der Waals surface area contributed by atoms with Crippen LogP contribution in [0.1, 0.15) is 26.3 Å². The van der Waals surface area contributed by atoms with Crippen molar-refractivity contribution in [1.29, 1.82) is 0 Å². The van der Waals surface area contributed by atoms with Crippen LogP contribution in [0.5, 0.6) is 28.7 Å². The van der Waals surface area contributed by atoms with Crippen molar-refractivity contribution in [3.63, 3.8) is 0 Å². The zero-order valence-corrected chi connectivity index (χ0v) is 18.0. The minimum absolute atomic E-state index is 0.0665. The molecule has 168 valence electrons. The molecular formula is C25H19FO7. The summed E-state index contributed by atoms with van der Waals surface area (Å²) in [6.45, 7) is 0. The minimum atomic E-state index is -0.856. The molecule has 0 spiro atoms. The summed E-state index contributed by atoms with van der Waals surface area (Å²) in [5.41, 5.74) is 0.698. The van der Waals surface area contributed by atoms with E-state index < -0.39 is 11.8 Å². The molecule has 8 heteroatoms. The number of rotatable bonds is 6. The van der Waals surface area contributed by atoms with Gasteiger partial charge in [0.2, 0.25) is 11.5 Å². The van der Waals surface area contributed by atoms with Crippen molar-refractivity contribution >= 4 is 17.8 Å². The van der Waals surface area contributed by atoms with Gasteiger partial charge in [0.05, 0.1) is 32.5 Å². The molecule has 0 N–H and O–H groups in total. The number of carbonyl (C=O) groups is 2. The lowest BCUT2D eigenvalue weighted by molar-refractivity contribution is 0.0729. The highest BCUT2D eigenvalue weighted by Crippen LogP contribution is 2.40. The Morgan fingerprint density at radius 2 is 1.64 bits per heavy atom. The summed E-state index contributed by atoms with van der Waals surface area (Å²) in [6, 6.07) is 13.2. The van der Waals surface area contributed by atoms with Crippen molar-refractivity contribution in [3.05, 3.63) is 82.9 Å². The standard InChI is InChI=1S/C25H19FO7/c1-29-21-11-14(12-22(30-2)24(21)31-3)10-20-23(27)17-9-8-15(13-19(17)33-20)32-25(28)16-6-4-5-7-18(16)26/h4-13H,1-3H3/b20-10-. The Hall–Kier alpha value is -4.33. The topological polar surface area (TPSA) is 80.3 Å². The van der Waals surface area contributed by atoms with Crippen LogP contribution in [0, 0.1) is 5.82 Å². The third-order valence-electron chi connectivity index (χ3n) is 4.93. The van der Waals surface area contributed by atoms with Crippen molar-refractivity contribution in [2.75, 3.05) is 21.3 Å². The van der Waals surface area contributed by atoms with E-state index in [1.54, 1.807) is 12.1 Å². The van der Waals surface area contributed by atoms with Crippen molar-refractivity contribution in [2.24, 2.45) is 0 Å². The average molecular weight is 450 g/mol. The van der Waals surface area contributed by atoms with Crippen LogP contribution in [-0.2, 0) is 0 Å². The molecule has 0 aromatic heterocycles. The van der Waals surface area contributed by atoms with Crippen LogP contribution in [0.15, 0.2) is 60.4 Å². The number of benzene rings is 3. The Morgan fingerprint density at radius 1 is 0.939 bits per heavy atom. The molecule has 0 saturated heterocycles. The maximum atomic E-state index is 13.8. The van der Waals surface area contributed by atoms with E-state index in [-0.39, 0.29) is 28.6 Å². The van der Waals surface area contributed by atoms with Crippen LogP contribution in [0.2, 0.25) is 0 Å². The van der Waals surface area contributed by atoms with Gasteiger partial charge in [0.25, 0.3) is 0 Å². The summed E-state index contributed by atoms with van der Waals surface area (Å²) in [5, 5.41) is 0. The number of ketones is 1. The molecule has 0 aliphatic carbocycles. The van der Waals surface area contributed by atoms with E-state index >= 15 is 0 Å². The third-order valence-corrected chi connectivity index (χ3v) is 4.93. The first-order chi connectivity index (χ1) is 15.9. The third kappa shape index (κ3) is 4.23. The Bertz CT molecular complexity index is 1250. The minimum Gasteiger partial charge on any atom is -0.493 e. The van der Waals surface area contributed by atoms with Crippen molar-refractivity contribution < 1.29 is 37.7 Å². The van der Waals surface area contributed by atoms with Gasteiger partial charge in [-0.15, -0.1) is 0 Å². The molecule has 0 amide bonds. The van der Waals surface area contributed by atoms with Crippen LogP contribution >= 0.6 is 0 Å². The zero-order chi connectivity index (χ0) is 23.5. The number of Topliss-reactive ketones (excluding diaryl/α,β-unsaturated/α-hetero) is 1. The van der Waals surface area contributed by atoms with Gasteiger partial charge in [-0.3, -0.25) is 4.79 Å². The molecule has 1 aliphatic rings. The highest BCUT2D eigenvalue weighted by molar-refractivity contribution is 6.14. The number of ether oxygens (including phenoxy) is 5. The Labute approximate surface area is 188 Å². The maximum Gasteiger partial charge on any atom is 0.346 e. The molecule has 0 atom stereocenters. The van der Waals surface area contributed by atoms with E-state index in [2.05, 4.69) is 0 Å². The normalized spacial score (nSPS) is 13.3. The first-order valence-corrected chi connectivity index (χ1v) is 9.80. The van der Waals surface area contributed by atoms with E-state index in [1.165, 1.54) is 69.9 Å². The molecular weight excluding hydrogens is 431 g/mol.